The molecule has 90 valence electrons. The Hall–Kier alpha value is -0.860. The second kappa shape index (κ2) is 4.19. The predicted molar refractivity (Wildman–Crippen MR) is 65.2 cm³/mol. The van der Waals surface area contributed by atoms with Crippen LogP contribution in [0.5, 0.6) is 0 Å². The zero-order valence-corrected chi connectivity index (χ0v) is 10.9. The maximum Gasteiger partial charge on any atom is 0.147 e. The molecule has 3 nitrogen and oxygen atoms in total. The van der Waals surface area contributed by atoms with Crippen LogP contribution in [-0.4, -0.2) is 14.8 Å². The molecule has 16 heavy (non-hydrogen) atoms. The Kier molecular flexibility index (Phi) is 3.04. The van der Waals surface area contributed by atoms with E-state index in [4.69, 9.17) is 0 Å². The van der Waals surface area contributed by atoms with Crippen LogP contribution in [0.3, 0.4) is 0 Å². The lowest BCUT2D eigenvalue weighted by Crippen LogP contribution is -2.27. The zero-order valence-electron chi connectivity index (χ0n) is 10.9. The molecule has 0 spiro atoms. The summed E-state index contributed by atoms with van der Waals surface area (Å²) >= 11 is 0. The van der Waals surface area contributed by atoms with Gasteiger partial charge in [-0.05, 0) is 43.9 Å². The first-order chi connectivity index (χ1) is 7.47. The van der Waals surface area contributed by atoms with E-state index >= 15 is 0 Å². The van der Waals surface area contributed by atoms with Gasteiger partial charge in [0.25, 0.3) is 0 Å². The van der Waals surface area contributed by atoms with Gasteiger partial charge in [0.1, 0.15) is 12.2 Å². The minimum atomic E-state index is 0.462. The third-order valence-corrected chi connectivity index (χ3v) is 3.92. The van der Waals surface area contributed by atoms with Crippen LogP contribution in [0.2, 0.25) is 0 Å². The molecule has 0 saturated heterocycles. The van der Waals surface area contributed by atoms with E-state index in [1.807, 2.05) is 13.3 Å². The summed E-state index contributed by atoms with van der Waals surface area (Å²) in [5, 5.41) is 4.43. The van der Waals surface area contributed by atoms with Crippen molar-refractivity contribution in [3.8, 4) is 0 Å². The van der Waals surface area contributed by atoms with Crippen molar-refractivity contribution in [1.29, 1.82) is 0 Å². The van der Waals surface area contributed by atoms with Gasteiger partial charge < -0.3 is 0 Å². The summed E-state index contributed by atoms with van der Waals surface area (Å²) in [5.41, 5.74) is 0.462. The smallest absolute Gasteiger partial charge is 0.147 e. The van der Waals surface area contributed by atoms with Gasteiger partial charge in [-0.25, -0.2) is 9.67 Å². The van der Waals surface area contributed by atoms with Crippen LogP contribution < -0.4 is 0 Å². The van der Waals surface area contributed by atoms with Crippen molar-refractivity contribution >= 4 is 0 Å². The molecule has 1 saturated carbocycles. The summed E-state index contributed by atoms with van der Waals surface area (Å²) in [6, 6.07) is 0.583. The number of aromatic nitrogens is 3. The van der Waals surface area contributed by atoms with E-state index in [0.717, 1.165) is 11.7 Å². The summed E-state index contributed by atoms with van der Waals surface area (Å²) < 4.78 is 2.06. The van der Waals surface area contributed by atoms with Crippen molar-refractivity contribution in [1.82, 2.24) is 14.8 Å². The highest BCUT2D eigenvalue weighted by atomic mass is 15.3. The third-order valence-electron chi connectivity index (χ3n) is 3.92. The average molecular weight is 221 g/mol. The van der Waals surface area contributed by atoms with E-state index in [9.17, 15) is 0 Å². The summed E-state index contributed by atoms with van der Waals surface area (Å²) in [6.45, 7) is 9.03. The van der Waals surface area contributed by atoms with Gasteiger partial charge in [0, 0.05) is 0 Å². The second-order valence-corrected chi connectivity index (χ2v) is 6.14. The fourth-order valence-corrected chi connectivity index (χ4v) is 2.74. The van der Waals surface area contributed by atoms with Crippen molar-refractivity contribution in [3.05, 3.63) is 12.2 Å². The minimum Gasteiger partial charge on any atom is -0.250 e. The largest absolute Gasteiger partial charge is 0.250 e. The fraction of sp³-hybridized carbons (Fsp3) is 0.846. The van der Waals surface area contributed by atoms with Crippen LogP contribution in [0.15, 0.2) is 6.33 Å². The molecule has 1 aromatic rings. The van der Waals surface area contributed by atoms with Crippen LogP contribution in [0.25, 0.3) is 0 Å². The molecule has 1 aliphatic carbocycles. The van der Waals surface area contributed by atoms with Crippen LogP contribution in [0.1, 0.15) is 58.3 Å². The lowest BCUT2D eigenvalue weighted by atomic mass is 9.71. The maximum atomic E-state index is 4.43. The minimum absolute atomic E-state index is 0.462. The number of nitrogens with zero attached hydrogens (tertiary/aromatic N) is 3. The van der Waals surface area contributed by atoms with Crippen molar-refractivity contribution < 1.29 is 0 Å². The molecular weight excluding hydrogens is 198 g/mol. The second-order valence-electron chi connectivity index (χ2n) is 6.14. The van der Waals surface area contributed by atoms with E-state index in [1.165, 1.54) is 25.7 Å². The quantitative estimate of drug-likeness (QED) is 0.728. The summed E-state index contributed by atoms with van der Waals surface area (Å²) in [7, 11) is 0. The molecule has 1 aromatic heterocycles. The van der Waals surface area contributed by atoms with Gasteiger partial charge in [-0.15, -0.1) is 0 Å². The standard InChI is InChI=1S/C13H23N3/c1-10-14-9-16(15-10)12-7-5-11(6-8-12)13(2,3)4/h9,11-12H,5-8H2,1-4H3/t11-,12-. The Morgan fingerprint density at radius 2 is 1.81 bits per heavy atom. The van der Waals surface area contributed by atoms with Gasteiger partial charge in [-0.2, -0.15) is 5.10 Å². The molecule has 0 atom stereocenters. The Labute approximate surface area is 98.3 Å². The van der Waals surface area contributed by atoms with Gasteiger partial charge in [-0.3, -0.25) is 0 Å². The molecule has 0 aliphatic heterocycles. The summed E-state index contributed by atoms with van der Waals surface area (Å²) in [6.07, 6.45) is 7.05. The van der Waals surface area contributed by atoms with Crippen molar-refractivity contribution in [2.45, 2.75) is 59.4 Å². The fourth-order valence-electron chi connectivity index (χ4n) is 2.74. The molecule has 0 unspecified atom stereocenters. The average Bonchev–Trinajstić information content (AvgIpc) is 2.64. The van der Waals surface area contributed by atoms with Crippen LogP contribution in [0.4, 0.5) is 0 Å². The Balaban J connectivity index is 1.95. The molecule has 0 amide bonds. The normalized spacial score (nSPS) is 27.0. The van der Waals surface area contributed by atoms with E-state index in [2.05, 4.69) is 35.5 Å². The number of hydrogen-bond acceptors (Lipinski definition) is 2. The van der Waals surface area contributed by atoms with E-state index < -0.39 is 0 Å². The Bertz CT molecular complexity index is 340. The SMILES string of the molecule is Cc1ncn([C@H]2CC[C@H](C(C)(C)C)CC2)n1. The molecule has 0 radical (unpaired) electrons. The summed E-state index contributed by atoms with van der Waals surface area (Å²) in [5.74, 6) is 1.76. The molecule has 1 fully saturated rings. The predicted octanol–water partition coefficient (Wildman–Crippen LogP) is 3.36. The lowest BCUT2D eigenvalue weighted by Gasteiger charge is -2.36. The van der Waals surface area contributed by atoms with Crippen molar-refractivity contribution in [2.75, 3.05) is 0 Å². The van der Waals surface area contributed by atoms with Gasteiger partial charge in [0.05, 0.1) is 6.04 Å². The zero-order chi connectivity index (χ0) is 11.8. The maximum absolute atomic E-state index is 4.43. The van der Waals surface area contributed by atoms with Gasteiger partial charge in [0.15, 0.2) is 0 Å². The van der Waals surface area contributed by atoms with Gasteiger partial charge in [0.2, 0.25) is 0 Å². The van der Waals surface area contributed by atoms with Gasteiger partial charge in [-0.1, -0.05) is 20.8 Å². The van der Waals surface area contributed by atoms with E-state index in [1.54, 1.807) is 0 Å². The van der Waals surface area contributed by atoms with Gasteiger partial charge >= 0.3 is 0 Å². The number of aryl methyl sites for hydroxylation is 1. The highest BCUT2D eigenvalue weighted by molar-refractivity contribution is 4.85. The van der Waals surface area contributed by atoms with Crippen molar-refractivity contribution in [2.24, 2.45) is 11.3 Å². The highest BCUT2D eigenvalue weighted by Crippen LogP contribution is 2.40. The first kappa shape index (κ1) is 11.6. The first-order valence-corrected chi connectivity index (χ1v) is 6.34. The summed E-state index contributed by atoms with van der Waals surface area (Å²) in [4.78, 5) is 4.21. The van der Waals surface area contributed by atoms with E-state index in [-0.39, 0.29) is 0 Å². The van der Waals surface area contributed by atoms with E-state index in [0.29, 0.717) is 11.5 Å². The van der Waals surface area contributed by atoms with Crippen LogP contribution >= 0.6 is 0 Å². The van der Waals surface area contributed by atoms with Crippen LogP contribution in [-0.2, 0) is 0 Å². The topological polar surface area (TPSA) is 30.7 Å². The highest BCUT2D eigenvalue weighted by Gasteiger charge is 2.30. The molecule has 2 rings (SSSR count). The Morgan fingerprint density at radius 1 is 1.19 bits per heavy atom. The molecule has 0 N–H and O–H groups in total. The molecule has 0 aromatic carbocycles. The molecular formula is C13H23N3. The molecule has 1 aliphatic rings. The number of hydrogen-bond donors (Lipinski definition) is 0. The number of rotatable bonds is 1. The van der Waals surface area contributed by atoms with Crippen molar-refractivity contribution in [3.63, 3.8) is 0 Å². The molecule has 0 bridgehead atoms. The first-order valence-electron chi connectivity index (χ1n) is 6.34. The Morgan fingerprint density at radius 3 is 2.25 bits per heavy atom. The van der Waals surface area contributed by atoms with Crippen LogP contribution in [0, 0.1) is 18.3 Å². The molecule has 1 heterocycles. The third kappa shape index (κ3) is 2.45. The lowest BCUT2D eigenvalue weighted by molar-refractivity contribution is 0.147. The monoisotopic (exact) mass is 221 g/mol. The molecule has 3 heteroatoms.